The number of para-hydroxylation sites is 3. The summed E-state index contributed by atoms with van der Waals surface area (Å²) in [6, 6.07) is 71.2. The van der Waals surface area contributed by atoms with E-state index in [1.807, 2.05) is 0 Å². The lowest BCUT2D eigenvalue weighted by molar-refractivity contribution is 1.02. The van der Waals surface area contributed by atoms with E-state index in [4.69, 9.17) is 15.0 Å². The molecule has 12 aromatic rings. The van der Waals surface area contributed by atoms with E-state index in [-0.39, 0.29) is 0 Å². The molecule has 0 fully saturated rings. The molecule has 61 heavy (non-hydrogen) atoms. The predicted octanol–water partition coefficient (Wildman–Crippen LogP) is 14.4. The first-order valence-corrected chi connectivity index (χ1v) is 21.4. The van der Waals surface area contributed by atoms with Crippen LogP contribution in [0.3, 0.4) is 0 Å². The van der Waals surface area contributed by atoms with Crippen LogP contribution in [0.1, 0.15) is 0 Å². The molecular weight excluding hydrogens is 763 g/mol. The first kappa shape index (κ1) is 34.1. The fraction of sp³-hybridized carbons (Fsp3) is 0. The molecule has 0 N–H and O–H groups in total. The van der Waals surface area contributed by atoms with Gasteiger partial charge in [0, 0.05) is 48.3 Å². The smallest absolute Gasteiger partial charge is 0.165 e. The van der Waals surface area contributed by atoms with Gasteiger partial charge in [-0.05, 0) is 75.1 Å². The molecule has 0 saturated heterocycles. The maximum Gasteiger partial charge on any atom is 0.165 e. The van der Waals surface area contributed by atoms with Crippen LogP contribution in [0, 0.1) is 0 Å². The van der Waals surface area contributed by atoms with Crippen molar-refractivity contribution in [2.24, 2.45) is 0 Å². The van der Waals surface area contributed by atoms with Crippen molar-refractivity contribution in [3.63, 3.8) is 0 Å². The zero-order valence-corrected chi connectivity index (χ0v) is 33.5. The van der Waals surface area contributed by atoms with Gasteiger partial charge in [0.2, 0.25) is 0 Å². The highest BCUT2D eigenvalue weighted by atomic mass is 32.2. The van der Waals surface area contributed by atoms with E-state index in [0.717, 1.165) is 60.2 Å². The molecule has 1 aliphatic rings. The van der Waals surface area contributed by atoms with Crippen molar-refractivity contribution in [2.75, 3.05) is 0 Å². The Morgan fingerprint density at radius 2 is 0.934 bits per heavy atom. The first-order valence-electron chi connectivity index (χ1n) is 20.5. The standard InChI is InChI=1S/C55H33N5S/c1-3-16-34(17-4-1)38-32-33-42(40-24-10-9-23-39(38)40)53-56-52(41-26-13-19-35-18-7-8-22-37(35)41)57-54(58-53)45-28-14-30-47-51(45)61-48-31-15-27-44-49-43-25-11-12-29-46(43)59(36-20-5-2-6-21-36)55(49)60(47)50(44)48/h1-33H. The first-order chi connectivity index (χ1) is 30.3. The van der Waals surface area contributed by atoms with Gasteiger partial charge in [-0.3, -0.25) is 9.13 Å². The Kier molecular flexibility index (Phi) is 7.47. The summed E-state index contributed by atoms with van der Waals surface area (Å²) < 4.78 is 4.90. The van der Waals surface area contributed by atoms with Crippen molar-refractivity contribution < 1.29 is 0 Å². The molecule has 0 saturated carbocycles. The molecule has 0 atom stereocenters. The van der Waals surface area contributed by atoms with Gasteiger partial charge in [-0.2, -0.15) is 0 Å². The molecule has 9 aromatic carbocycles. The summed E-state index contributed by atoms with van der Waals surface area (Å²) in [5, 5.41) is 8.21. The second-order valence-electron chi connectivity index (χ2n) is 15.5. The number of rotatable bonds is 5. The second-order valence-corrected chi connectivity index (χ2v) is 16.6. The predicted molar refractivity (Wildman–Crippen MR) is 252 cm³/mol. The van der Waals surface area contributed by atoms with Crippen LogP contribution in [0.25, 0.3) is 111 Å². The fourth-order valence-electron chi connectivity index (χ4n) is 9.54. The Morgan fingerprint density at radius 3 is 1.74 bits per heavy atom. The minimum atomic E-state index is 0.635. The summed E-state index contributed by atoms with van der Waals surface area (Å²) in [5.41, 5.74) is 11.0. The largest absolute Gasteiger partial charge is 0.295 e. The summed E-state index contributed by atoms with van der Waals surface area (Å²) in [5.74, 6) is 1.91. The van der Waals surface area contributed by atoms with Crippen LogP contribution in [-0.4, -0.2) is 24.1 Å². The Labute approximate surface area is 355 Å². The van der Waals surface area contributed by atoms with Crippen LogP contribution in [-0.2, 0) is 0 Å². The molecule has 0 unspecified atom stereocenters. The zero-order chi connectivity index (χ0) is 40.0. The van der Waals surface area contributed by atoms with Gasteiger partial charge in [-0.25, -0.2) is 15.0 Å². The number of hydrogen-bond donors (Lipinski definition) is 0. The van der Waals surface area contributed by atoms with Crippen LogP contribution >= 0.6 is 11.8 Å². The van der Waals surface area contributed by atoms with E-state index in [1.54, 1.807) is 11.8 Å². The minimum absolute atomic E-state index is 0.635. The fourth-order valence-corrected chi connectivity index (χ4v) is 10.7. The van der Waals surface area contributed by atoms with Crippen molar-refractivity contribution in [1.29, 1.82) is 0 Å². The van der Waals surface area contributed by atoms with Crippen LogP contribution in [0.5, 0.6) is 0 Å². The molecule has 0 radical (unpaired) electrons. The van der Waals surface area contributed by atoms with Gasteiger partial charge in [0.15, 0.2) is 17.5 Å². The highest BCUT2D eigenvalue weighted by Crippen LogP contribution is 2.52. The number of nitrogens with zero attached hydrogens (tertiary/aromatic N) is 5. The SMILES string of the molecule is c1ccc(-c2ccc(-c3nc(-c4cccc5c4Sc4cccc6c7c8ccccc8n(-c8ccccc8)c7n-5c46)nc(-c4cccc5ccccc45)n3)c3ccccc23)cc1. The molecule has 0 spiro atoms. The summed E-state index contributed by atoms with van der Waals surface area (Å²) in [4.78, 5) is 18.5. The third-order valence-corrected chi connectivity index (χ3v) is 13.4. The van der Waals surface area contributed by atoms with Gasteiger partial charge in [-0.1, -0.05) is 169 Å². The van der Waals surface area contributed by atoms with E-state index in [0.29, 0.717) is 17.5 Å². The molecule has 13 rings (SSSR count). The highest BCUT2D eigenvalue weighted by Gasteiger charge is 2.30. The molecule has 5 nitrogen and oxygen atoms in total. The Bertz CT molecular complexity index is 3730. The molecule has 0 bridgehead atoms. The van der Waals surface area contributed by atoms with Gasteiger partial charge < -0.3 is 0 Å². The normalized spacial score (nSPS) is 12.2. The van der Waals surface area contributed by atoms with Crippen molar-refractivity contribution in [2.45, 2.75) is 9.79 Å². The molecule has 6 heteroatoms. The second kappa shape index (κ2) is 13.4. The third-order valence-electron chi connectivity index (χ3n) is 12.2. The maximum absolute atomic E-state index is 5.44. The van der Waals surface area contributed by atoms with Gasteiger partial charge >= 0.3 is 0 Å². The van der Waals surface area contributed by atoms with Crippen LogP contribution < -0.4 is 0 Å². The van der Waals surface area contributed by atoms with Gasteiger partial charge in [0.05, 0.1) is 16.7 Å². The van der Waals surface area contributed by atoms with E-state index < -0.39 is 0 Å². The van der Waals surface area contributed by atoms with E-state index in [2.05, 4.69) is 209 Å². The number of hydrogen-bond acceptors (Lipinski definition) is 4. The monoisotopic (exact) mass is 795 g/mol. The van der Waals surface area contributed by atoms with E-state index in [9.17, 15) is 0 Å². The summed E-state index contributed by atoms with van der Waals surface area (Å²) in [6.45, 7) is 0. The molecule has 1 aliphatic heterocycles. The lowest BCUT2D eigenvalue weighted by Crippen LogP contribution is -2.08. The number of fused-ring (bicyclic) bond motifs is 9. The summed E-state index contributed by atoms with van der Waals surface area (Å²) in [6.07, 6.45) is 0. The van der Waals surface area contributed by atoms with Crippen molar-refractivity contribution in [1.82, 2.24) is 24.1 Å². The van der Waals surface area contributed by atoms with Gasteiger partial charge in [0.25, 0.3) is 0 Å². The Balaban J connectivity index is 1.09. The lowest BCUT2D eigenvalue weighted by atomic mass is 9.94. The van der Waals surface area contributed by atoms with Crippen LogP contribution in [0.4, 0.5) is 0 Å². The Morgan fingerprint density at radius 1 is 0.377 bits per heavy atom. The number of benzene rings is 9. The van der Waals surface area contributed by atoms with Crippen molar-refractivity contribution >= 4 is 66.1 Å². The zero-order valence-electron chi connectivity index (χ0n) is 32.7. The molecule has 4 heterocycles. The van der Waals surface area contributed by atoms with Crippen molar-refractivity contribution in [3.8, 4) is 56.7 Å². The van der Waals surface area contributed by atoms with Crippen LogP contribution in [0.15, 0.2) is 210 Å². The minimum Gasteiger partial charge on any atom is -0.295 e. The highest BCUT2D eigenvalue weighted by molar-refractivity contribution is 8.00. The maximum atomic E-state index is 5.44. The summed E-state index contributed by atoms with van der Waals surface area (Å²) in [7, 11) is 0. The van der Waals surface area contributed by atoms with E-state index in [1.165, 1.54) is 43.2 Å². The molecule has 0 aliphatic carbocycles. The average molecular weight is 796 g/mol. The lowest BCUT2D eigenvalue weighted by Gasteiger charge is -2.23. The molecular formula is C55H33N5S. The number of aromatic nitrogens is 5. The molecule has 284 valence electrons. The molecule has 3 aromatic heterocycles. The van der Waals surface area contributed by atoms with Gasteiger partial charge in [-0.15, -0.1) is 0 Å². The topological polar surface area (TPSA) is 48.5 Å². The van der Waals surface area contributed by atoms with Gasteiger partial charge in [0.1, 0.15) is 5.65 Å². The summed E-state index contributed by atoms with van der Waals surface area (Å²) >= 11 is 1.80. The van der Waals surface area contributed by atoms with E-state index >= 15 is 0 Å². The molecule has 0 amide bonds. The third kappa shape index (κ3) is 5.13. The van der Waals surface area contributed by atoms with Crippen molar-refractivity contribution in [3.05, 3.63) is 200 Å². The van der Waals surface area contributed by atoms with Crippen LogP contribution in [0.2, 0.25) is 0 Å². The quantitative estimate of drug-likeness (QED) is 0.174. The Hall–Kier alpha value is -7.80. The average Bonchev–Trinajstić information content (AvgIpc) is 3.85.